The molecular formula is C14H27N2O. The fraction of sp³-hybridized carbons (Fsp3) is 0.786. The number of carbonyl (C=O) groups is 1. The molecule has 99 valence electrons. The van der Waals surface area contributed by atoms with Gasteiger partial charge in [-0.25, -0.2) is 10.1 Å². The zero-order valence-corrected chi connectivity index (χ0v) is 11.5. The first kappa shape index (κ1) is 16.0. The maximum Gasteiger partial charge on any atom is 0.339 e. The minimum Gasteiger partial charge on any atom is -0.323 e. The standard InChI is InChI=1S/C14H27N2O/c1-4-7-9-12-16(13-10-8-5-2)14(17)15-11-6-3/h6H,3-5,7-13H2,1-2H3. The highest BCUT2D eigenvalue weighted by atomic mass is 16.2. The highest BCUT2D eigenvalue weighted by Crippen LogP contribution is 2.03. The van der Waals surface area contributed by atoms with E-state index in [0.29, 0.717) is 6.54 Å². The van der Waals surface area contributed by atoms with E-state index >= 15 is 0 Å². The Labute approximate surface area is 106 Å². The third-order valence-corrected chi connectivity index (χ3v) is 2.69. The summed E-state index contributed by atoms with van der Waals surface area (Å²) in [5.41, 5.74) is 0. The van der Waals surface area contributed by atoms with E-state index in [4.69, 9.17) is 0 Å². The van der Waals surface area contributed by atoms with Gasteiger partial charge in [0, 0.05) is 13.1 Å². The van der Waals surface area contributed by atoms with Gasteiger partial charge in [-0.3, -0.25) is 0 Å². The Hall–Kier alpha value is -0.990. The number of nitrogens with zero attached hydrogens (tertiary/aromatic N) is 2. The van der Waals surface area contributed by atoms with Crippen molar-refractivity contribution in [2.75, 3.05) is 19.6 Å². The third-order valence-electron chi connectivity index (χ3n) is 2.69. The van der Waals surface area contributed by atoms with Crippen molar-refractivity contribution in [3.63, 3.8) is 0 Å². The predicted octanol–water partition coefficient (Wildman–Crippen LogP) is 3.58. The van der Waals surface area contributed by atoms with E-state index in [1.807, 2.05) is 4.90 Å². The minimum absolute atomic E-state index is 0.0721. The number of rotatable bonds is 10. The van der Waals surface area contributed by atoms with Gasteiger partial charge in [-0.2, -0.15) is 0 Å². The number of hydrogen-bond donors (Lipinski definition) is 0. The van der Waals surface area contributed by atoms with Crippen LogP contribution in [0.3, 0.4) is 0 Å². The average Bonchev–Trinajstić information content (AvgIpc) is 2.34. The third kappa shape index (κ3) is 8.78. The second-order valence-corrected chi connectivity index (χ2v) is 4.31. The molecule has 0 saturated heterocycles. The van der Waals surface area contributed by atoms with Crippen LogP contribution < -0.4 is 5.32 Å². The number of hydrogen-bond acceptors (Lipinski definition) is 1. The van der Waals surface area contributed by atoms with Crippen LogP contribution in [-0.4, -0.2) is 30.6 Å². The van der Waals surface area contributed by atoms with Crippen molar-refractivity contribution in [1.82, 2.24) is 10.2 Å². The fourth-order valence-corrected chi connectivity index (χ4v) is 1.65. The lowest BCUT2D eigenvalue weighted by atomic mass is 10.2. The molecular weight excluding hydrogens is 212 g/mol. The quantitative estimate of drug-likeness (QED) is 0.424. The number of amides is 2. The second-order valence-electron chi connectivity index (χ2n) is 4.31. The number of carbonyl (C=O) groups excluding carboxylic acids is 1. The maximum absolute atomic E-state index is 11.8. The molecule has 0 aliphatic heterocycles. The van der Waals surface area contributed by atoms with Crippen molar-refractivity contribution in [3.8, 4) is 0 Å². The number of urea groups is 1. The van der Waals surface area contributed by atoms with Crippen LogP contribution in [0.4, 0.5) is 4.79 Å². The summed E-state index contributed by atoms with van der Waals surface area (Å²) >= 11 is 0. The average molecular weight is 239 g/mol. The van der Waals surface area contributed by atoms with Crippen molar-refractivity contribution >= 4 is 6.03 Å². The van der Waals surface area contributed by atoms with Crippen LogP contribution >= 0.6 is 0 Å². The Bertz CT molecular complexity index is 194. The molecule has 0 aliphatic rings. The molecule has 0 spiro atoms. The van der Waals surface area contributed by atoms with Crippen LogP contribution in [0.2, 0.25) is 0 Å². The van der Waals surface area contributed by atoms with Gasteiger partial charge >= 0.3 is 6.03 Å². The Balaban J connectivity index is 3.98. The summed E-state index contributed by atoms with van der Waals surface area (Å²) in [5.74, 6) is 0. The Morgan fingerprint density at radius 1 is 1.12 bits per heavy atom. The molecule has 0 unspecified atom stereocenters. The summed E-state index contributed by atoms with van der Waals surface area (Å²) in [4.78, 5) is 13.7. The highest BCUT2D eigenvalue weighted by Gasteiger charge is 2.12. The van der Waals surface area contributed by atoms with Gasteiger partial charge in [-0.15, -0.1) is 6.58 Å². The Morgan fingerprint density at radius 3 is 2.06 bits per heavy atom. The van der Waals surface area contributed by atoms with Crippen molar-refractivity contribution in [1.29, 1.82) is 0 Å². The van der Waals surface area contributed by atoms with Crippen LogP contribution in [0.1, 0.15) is 52.4 Å². The molecule has 0 aromatic heterocycles. The zero-order chi connectivity index (χ0) is 12.9. The van der Waals surface area contributed by atoms with Gasteiger partial charge in [0.1, 0.15) is 0 Å². The molecule has 1 radical (unpaired) electrons. The Kier molecular flexibility index (Phi) is 10.8. The van der Waals surface area contributed by atoms with Crippen LogP contribution in [-0.2, 0) is 0 Å². The molecule has 0 fully saturated rings. The van der Waals surface area contributed by atoms with Gasteiger partial charge in [0.2, 0.25) is 0 Å². The summed E-state index contributed by atoms with van der Waals surface area (Å²) in [6, 6.07) is -0.0721. The van der Waals surface area contributed by atoms with Crippen molar-refractivity contribution < 1.29 is 4.79 Å². The first-order valence-corrected chi connectivity index (χ1v) is 6.83. The normalized spacial score (nSPS) is 10.0. The van der Waals surface area contributed by atoms with E-state index in [0.717, 1.165) is 25.9 Å². The van der Waals surface area contributed by atoms with E-state index in [1.165, 1.54) is 25.7 Å². The smallest absolute Gasteiger partial charge is 0.323 e. The summed E-state index contributed by atoms with van der Waals surface area (Å²) in [7, 11) is 0. The molecule has 3 nitrogen and oxygen atoms in total. The van der Waals surface area contributed by atoms with Crippen LogP contribution in [0.15, 0.2) is 12.7 Å². The van der Waals surface area contributed by atoms with Crippen molar-refractivity contribution in [2.24, 2.45) is 0 Å². The molecule has 3 heteroatoms. The van der Waals surface area contributed by atoms with Gasteiger partial charge in [-0.1, -0.05) is 45.6 Å². The SMILES string of the molecule is C=CC[N]C(=O)N(CCCCC)CCCCC. The van der Waals surface area contributed by atoms with E-state index < -0.39 is 0 Å². The van der Waals surface area contributed by atoms with Gasteiger partial charge in [-0.05, 0) is 12.8 Å². The monoisotopic (exact) mass is 239 g/mol. The molecule has 0 saturated carbocycles. The molecule has 0 bridgehead atoms. The van der Waals surface area contributed by atoms with Crippen LogP contribution in [0.5, 0.6) is 0 Å². The molecule has 2 amide bonds. The lowest BCUT2D eigenvalue weighted by Gasteiger charge is -2.21. The van der Waals surface area contributed by atoms with E-state index in [9.17, 15) is 4.79 Å². The molecule has 0 aliphatic carbocycles. The van der Waals surface area contributed by atoms with Crippen molar-refractivity contribution in [2.45, 2.75) is 52.4 Å². The summed E-state index contributed by atoms with van der Waals surface area (Å²) in [6.45, 7) is 10.0. The molecule has 0 aromatic carbocycles. The topological polar surface area (TPSA) is 34.4 Å². The van der Waals surface area contributed by atoms with Crippen LogP contribution in [0.25, 0.3) is 0 Å². The molecule has 0 N–H and O–H groups in total. The van der Waals surface area contributed by atoms with E-state index in [-0.39, 0.29) is 6.03 Å². The highest BCUT2D eigenvalue weighted by molar-refractivity contribution is 5.73. The summed E-state index contributed by atoms with van der Waals surface area (Å²) in [5, 5.41) is 3.97. The first-order chi connectivity index (χ1) is 8.26. The van der Waals surface area contributed by atoms with E-state index in [1.54, 1.807) is 6.08 Å². The fourth-order valence-electron chi connectivity index (χ4n) is 1.65. The largest absolute Gasteiger partial charge is 0.339 e. The van der Waals surface area contributed by atoms with Crippen LogP contribution in [0, 0.1) is 0 Å². The second kappa shape index (κ2) is 11.5. The summed E-state index contributed by atoms with van der Waals surface area (Å²) in [6.07, 6.45) is 8.55. The maximum atomic E-state index is 11.8. The molecule has 0 atom stereocenters. The Morgan fingerprint density at radius 2 is 1.65 bits per heavy atom. The summed E-state index contributed by atoms with van der Waals surface area (Å²) < 4.78 is 0. The zero-order valence-electron chi connectivity index (χ0n) is 11.5. The lowest BCUT2D eigenvalue weighted by molar-refractivity contribution is 0.195. The molecule has 0 aromatic rings. The first-order valence-electron chi connectivity index (χ1n) is 6.83. The predicted molar refractivity (Wildman–Crippen MR) is 73.2 cm³/mol. The van der Waals surface area contributed by atoms with Gasteiger partial charge < -0.3 is 4.90 Å². The van der Waals surface area contributed by atoms with Gasteiger partial charge in [0.15, 0.2) is 0 Å². The minimum atomic E-state index is -0.0721. The molecule has 0 rings (SSSR count). The molecule has 17 heavy (non-hydrogen) atoms. The lowest BCUT2D eigenvalue weighted by Crippen LogP contribution is -2.37. The van der Waals surface area contributed by atoms with E-state index in [2.05, 4.69) is 25.7 Å². The van der Waals surface area contributed by atoms with Crippen molar-refractivity contribution in [3.05, 3.63) is 12.7 Å². The number of unbranched alkanes of at least 4 members (excludes halogenated alkanes) is 4. The van der Waals surface area contributed by atoms with Gasteiger partial charge in [0.25, 0.3) is 0 Å². The molecule has 0 heterocycles. The van der Waals surface area contributed by atoms with Gasteiger partial charge in [0.05, 0.1) is 6.54 Å².